The second-order valence-corrected chi connectivity index (χ2v) is 8.09. The van der Waals surface area contributed by atoms with Crippen LogP contribution in [0, 0.1) is 0 Å². The molecule has 0 N–H and O–H groups in total. The number of carbonyl (C=O) groups excluding carboxylic acids is 1. The Balaban J connectivity index is 1.73. The summed E-state index contributed by atoms with van der Waals surface area (Å²) in [6.07, 6.45) is -4.45. The Labute approximate surface area is 189 Å². The van der Waals surface area contributed by atoms with Crippen LogP contribution in [0.15, 0.2) is 109 Å². The van der Waals surface area contributed by atoms with Crippen molar-refractivity contribution in [2.75, 3.05) is 4.90 Å². The quantitative estimate of drug-likeness (QED) is 0.349. The summed E-state index contributed by atoms with van der Waals surface area (Å²) in [6.45, 7) is 0.367. The highest BCUT2D eigenvalue weighted by molar-refractivity contribution is 6.12. The number of hydrogen-bond acceptors (Lipinski definition) is 1. The molecule has 1 aliphatic rings. The summed E-state index contributed by atoms with van der Waals surface area (Å²) in [5.74, 6) is -0.182. The van der Waals surface area contributed by atoms with Gasteiger partial charge < -0.3 is 4.90 Å². The minimum atomic E-state index is -4.45. The molecule has 1 amide bonds. The fourth-order valence-electron chi connectivity index (χ4n) is 4.70. The lowest BCUT2D eigenvalue weighted by molar-refractivity contribution is -0.137. The maximum absolute atomic E-state index is 14.3. The molecule has 1 atom stereocenters. The van der Waals surface area contributed by atoms with E-state index in [-0.39, 0.29) is 5.91 Å². The number of nitrogens with zero attached hydrogens (tertiary/aromatic N) is 1. The average Bonchev–Trinajstić information content (AvgIpc) is 3.08. The molecule has 1 aliphatic heterocycles. The van der Waals surface area contributed by atoms with Gasteiger partial charge in [0.05, 0.1) is 12.1 Å². The lowest BCUT2D eigenvalue weighted by Gasteiger charge is -2.30. The van der Waals surface area contributed by atoms with Gasteiger partial charge in [0.1, 0.15) is 5.41 Å². The van der Waals surface area contributed by atoms with Crippen molar-refractivity contribution in [3.05, 3.63) is 137 Å². The zero-order chi connectivity index (χ0) is 23.1. The summed E-state index contributed by atoms with van der Waals surface area (Å²) in [7, 11) is 0. The third-order valence-electron chi connectivity index (χ3n) is 6.20. The number of rotatable bonds is 4. The summed E-state index contributed by atoms with van der Waals surface area (Å²) in [4.78, 5) is 16.0. The first-order valence-electron chi connectivity index (χ1n) is 10.6. The van der Waals surface area contributed by atoms with Crippen LogP contribution in [0.5, 0.6) is 0 Å². The van der Waals surface area contributed by atoms with Gasteiger partial charge in [-0.05, 0) is 34.9 Å². The third-order valence-corrected chi connectivity index (χ3v) is 6.20. The van der Waals surface area contributed by atoms with Crippen LogP contribution in [-0.2, 0) is 22.9 Å². The van der Waals surface area contributed by atoms with E-state index in [1.54, 1.807) is 4.90 Å². The van der Waals surface area contributed by atoms with Crippen LogP contribution < -0.4 is 4.90 Å². The predicted molar refractivity (Wildman–Crippen MR) is 122 cm³/mol. The molecule has 5 heteroatoms. The van der Waals surface area contributed by atoms with Gasteiger partial charge in [-0.1, -0.05) is 91.0 Å². The van der Waals surface area contributed by atoms with Crippen molar-refractivity contribution in [2.45, 2.75) is 18.1 Å². The molecule has 4 aromatic rings. The van der Waals surface area contributed by atoms with E-state index in [4.69, 9.17) is 0 Å². The highest BCUT2D eigenvalue weighted by Gasteiger charge is 2.53. The number of fused-ring (bicyclic) bond motifs is 1. The van der Waals surface area contributed by atoms with Gasteiger partial charge >= 0.3 is 6.18 Å². The Morgan fingerprint density at radius 1 is 0.667 bits per heavy atom. The van der Waals surface area contributed by atoms with Gasteiger partial charge in [-0.3, -0.25) is 4.79 Å². The largest absolute Gasteiger partial charge is 0.416 e. The highest BCUT2D eigenvalue weighted by atomic mass is 19.4. The smallest absolute Gasteiger partial charge is 0.306 e. The molecule has 1 heterocycles. The Kier molecular flexibility index (Phi) is 5.05. The van der Waals surface area contributed by atoms with Gasteiger partial charge in [0.15, 0.2) is 0 Å². The second-order valence-electron chi connectivity index (χ2n) is 8.09. The summed E-state index contributed by atoms with van der Waals surface area (Å²) in [5.41, 5.74) is 1.74. The zero-order valence-corrected chi connectivity index (χ0v) is 17.6. The van der Waals surface area contributed by atoms with E-state index in [0.29, 0.717) is 12.1 Å². The van der Waals surface area contributed by atoms with E-state index in [1.807, 2.05) is 84.9 Å². The molecule has 33 heavy (non-hydrogen) atoms. The number of para-hydroxylation sites is 1. The number of carbonyl (C=O) groups is 1. The lowest BCUT2D eigenvalue weighted by Crippen LogP contribution is -2.42. The molecule has 0 aromatic heterocycles. The molecule has 0 aliphatic carbocycles. The van der Waals surface area contributed by atoms with Crippen molar-refractivity contribution in [3.8, 4) is 0 Å². The fraction of sp³-hybridized carbons (Fsp3) is 0.107. The number of amides is 1. The predicted octanol–water partition coefficient (Wildman–Crippen LogP) is 6.59. The third kappa shape index (κ3) is 3.41. The highest BCUT2D eigenvalue weighted by Crippen LogP contribution is 2.51. The Hall–Kier alpha value is -3.86. The van der Waals surface area contributed by atoms with Gasteiger partial charge in [-0.2, -0.15) is 13.2 Å². The molecule has 0 spiro atoms. The van der Waals surface area contributed by atoms with Gasteiger partial charge in [0.25, 0.3) is 0 Å². The molecular weight excluding hydrogens is 423 g/mol. The van der Waals surface area contributed by atoms with E-state index in [2.05, 4.69) is 0 Å². The van der Waals surface area contributed by atoms with Crippen LogP contribution >= 0.6 is 0 Å². The number of benzene rings is 4. The lowest BCUT2D eigenvalue weighted by atomic mass is 9.70. The van der Waals surface area contributed by atoms with Crippen LogP contribution in [0.25, 0.3) is 0 Å². The molecule has 1 unspecified atom stereocenters. The summed E-state index contributed by atoms with van der Waals surface area (Å²) >= 11 is 0. The van der Waals surface area contributed by atoms with Crippen molar-refractivity contribution in [1.29, 1.82) is 0 Å². The van der Waals surface area contributed by atoms with Gasteiger partial charge in [0.2, 0.25) is 5.91 Å². The number of alkyl halides is 3. The molecule has 0 saturated carbocycles. The van der Waals surface area contributed by atoms with E-state index >= 15 is 0 Å². The van der Waals surface area contributed by atoms with Crippen LogP contribution in [0.1, 0.15) is 27.8 Å². The number of hydrogen-bond donors (Lipinski definition) is 0. The number of halogens is 3. The summed E-state index contributed by atoms with van der Waals surface area (Å²) < 4.78 is 39.8. The second kappa shape index (κ2) is 7.93. The van der Waals surface area contributed by atoms with Crippen molar-refractivity contribution in [1.82, 2.24) is 0 Å². The maximum atomic E-state index is 14.3. The van der Waals surface area contributed by atoms with Gasteiger partial charge in [-0.15, -0.1) is 0 Å². The van der Waals surface area contributed by atoms with E-state index < -0.39 is 17.2 Å². The van der Waals surface area contributed by atoms with E-state index in [0.717, 1.165) is 34.5 Å². The first kappa shape index (κ1) is 21.0. The monoisotopic (exact) mass is 443 g/mol. The topological polar surface area (TPSA) is 20.3 Å². The summed E-state index contributed by atoms with van der Waals surface area (Å²) in [6, 6.07) is 31.4. The molecule has 4 aromatic carbocycles. The molecule has 164 valence electrons. The minimum Gasteiger partial charge on any atom is -0.306 e. The van der Waals surface area contributed by atoms with Crippen molar-refractivity contribution in [3.63, 3.8) is 0 Å². The van der Waals surface area contributed by atoms with Crippen LogP contribution in [-0.4, -0.2) is 5.91 Å². The first-order valence-corrected chi connectivity index (χ1v) is 10.6. The fourth-order valence-corrected chi connectivity index (χ4v) is 4.70. The maximum Gasteiger partial charge on any atom is 0.416 e. The molecular formula is C28H20F3NO. The Morgan fingerprint density at radius 2 is 1.21 bits per heavy atom. The molecule has 2 nitrogen and oxygen atoms in total. The minimum absolute atomic E-state index is 0.182. The van der Waals surface area contributed by atoms with Gasteiger partial charge in [0, 0.05) is 11.3 Å². The average molecular weight is 443 g/mol. The number of anilines is 1. The first-order chi connectivity index (χ1) is 15.9. The SMILES string of the molecule is O=C1N(Cc2ccccc2)c2ccccc2C1(c1ccccc1)c1ccc(C(F)(F)F)cc1. The molecule has 0 saturated heterocycles. The Bertz CT molecular complexity index is 1280. The van der Waals surface area contributed by atoms with Crippen molar-refractivity contribution < 1.29 is 18.0 Å². The van der Waals surface area contributed by atoms with Crippen LogP contribution in [0.3, 0.4) is 0 Å². The normalized spacial score (nSPS) is 17.8. The van der Waals surface area contributed by atoms with Gasteiger partial charge in [-0.25, -0.2) is 0 Å². The van der Waals surface area contributed by atoms with E-state index in [9.17, 15) is 18.0 Å². The standard InChI is InChI=1S/C28H20F3NO/c29-28(30,31)23-17-15-22(16-18-23)27(21-11-5-2-6-12-21)24-13-7-8-14-25(24)32(26(27)33)19-20-9-3-1-4-10-20/h1-18H,19H2. The molecule has 0 bridgehead atoms. The van der Waals surface area contributed by atoms with Crippen LogP contribution in [0.2, 0.25) is 0 Å². The van der Waals surface area contributed by atoms with Crippen molar-refractivity contribution in [2.24, 2.45) is 0 Å². The zero-order valence-electron chi connectivity index (χ0n) is 17.6. The van der Waals surface area contributed by atoms with Crippen LogP contribution in [0.4, 0.5) is 18.9 Å². The van der Waals surface area contributed by atoms with E-state index in [1.165, 1.54) is 12.1 Å². The molecule has 0 fully saturated rings. The molecule has 0 radical (unpaired) electrons. The van der Waals surface area contributed by atoms with Crippen molar-refractivity contribution >= 4 is 11.6 Å². The summed E-state index contributed by atoms with van der Waals surface area (Å²) in [5, 5.41) is 0. The Morgan fingerprint density at radius 3 is 1.85 bits per heavy atom. The molecule has 5 rings (SSSR count).